The third-order valence-electron chi connectivity index (χ3n) is 3.05. The number of amidine groups is 1. The molecule has 1 saturated carbocycles. The second kappa shape index (κ2) is 4.59. The number of amides is 1. The highest BCUT2D eigenvalue weighted by Crippen LogP contribution is 2.46. The normalized spacial score (nSPS) is 17.3. The standard InChI is InChI=1S/C11H15N5O2/c1-7-13-5-2-8(15-7)6-14-10(17)11(3-4-11)9(12)16-18/h2,5,18H,3-4,6H2,1H3,(H2,12,16)(H,14,17). The molecule has 0 unspecified atom stereocenters. The average Bonchev–Trinajstić information content (AvgIpc) is 3.16. The first kappa shape index (κ1) is 12.3. The monoisotopic (exact) mass is 249 g/mol. The van der Waals surface area contributed by atoms with E-state index in [1.54, 1.807) is 19.2 Å². The van der Waals surface area contributed by atoms with Crippen molar-refractivity contribution in [3.63, 3.8) is 0 Å². The van der Waals surface area contributed by atoms with Crippen LogP contribution < -0.4 is 11.1 Å². The van der Waals surface area contributed by atoms with Gasteiger partial charge in [-0.25, -0.2) is 9.97 Å². The van der Waals surface area contributed by atoms with Crippen molar-refractivity contribution in [2.24, 2.45) is 16.3 Å². The van der Waals surface area contributed by atoms with Gasteiger partial charge in [0.2, 0.25) is 5.91 Å². The zero-order valence-corrected chi connectivity index (χ0v) is 10.1. The molecule has 7 heteroatoms. The number of aryl methyl sites for hydroxylation is 1. The van der Waals surface area contributed by atoms with E-state index in [0.717, 1.165) is 5.69 Å². The predicted octanol–water partition coefficient (Wildman–Crippen LogP) is -0.0722. The molecule has 0 atom stereocenters. The van der Waals surface area contributed by atoms with Crippen LogP contribution in [0.2, 0.25) is 0 Å². The second-order valence-electron chi connectivity index (χ2n) is 4.35. The van der Waals surface area contributed by atoms with Crippen molar-refractivity contribution in [3.8, 4) is 0 Å². The van der Waals surface area contributed by atoms with Crippen molar-refractivity contribution in [1.29, 1.82) is 0 Å². The van der Waals surface area contributed by atoms with Gasteiger partial charge in [-0.15, -0.1) is 0 Å². The van der Waals surface area contributed by atoms with E-state index in [0.29, 0.717) is 25.2 Å². The fourth-order valence-corrected chi connectivity index (χ4v) is 1.76. The van der Waals surface area contributed by atoms with E-state index in [1.807, 2.05) is 0 Å². The summed E-state index contributed by atoms with van der Waals surface area (Å²) >= 11 is 0. The number of hydrogen-bond acceptors (Lipinski definition) is 5. The van der Waals surface area contributed by atoms with Crippen molar-refractivity contribution in [1.82, 2.24) is 15.3 Å². The number of nitrogens with two attached hydrogens (primary N) is 1. The fourth-order valence-electron chi connectivity index (χ4n) is 1.76. The van der Waals surface area contributed by atoms with E-state index in [4.69, 9.17) is 10.9 Å². The first-order chi connectivity index (χ1) is 8.58. The van der Waals surface area contributed by atoms with Gasteiger partial charge in [-0.2, -0.15) is 0 Å². The molecule has 0 saturated heterocycles. The van der Waals surface area contributed by atoms with E-state index in [2.05, 4.69) is 20.4 Å². The summed E-state index contributed by atoms with van der Waals surface area (Å²) in [4.78, 5) is 20.1. The summed E-state index contributed by atoms with van der Waals surface area (Å²) in [6.45, 7) is 2.09. The number of oxime groups is 1. The quantitative estimate of drug-likeness (QED) is 0.299. The van der Waals surface area contributed by atoms with Crippen LogP contribution in [0.5, 0.6) is 0 Å². The average molecular weight is 249 g/mol. The molecule has 1 aromatic rings. The fraction of sp³-hybridized carbons (Fsp3) is 0.455. The first-order valence-electron chi connectivity index (χ1n) is 5.63. The molecule has 4 N–H and O–H groups in total. The lowest BCUT2D eigenvalue weighted by atomic mass is 10.1. The van der Waals surface area contributed by atoms with Crippen molar-refractivity contribution in [2.45, 2.75) is 26.3 Å². The highest BCUT2D eigenvalue weighted by atomic mass is 16.4. The van der Waals surface area contributed by atoms with Crippen molar-refractivity contribution in [3.05, 3.63) is 23.8 Å². The third-order valence-corrected chi connectivity index (χ3v) is 3.05. The zero-order valence-electron chi connectivity index (χ0n) is 10.1. The highest BCUT2D eigenvalue weighted by molar-refractivity contribution is 6.09. The third kappa shape index (κ3) is 2.24. The molecule has 1 aliphatic carbocycles. The Kier molecular flexibility index (Phi) is 3.14. The van der Waals surface area contributed by atoms with Gasteiger partial charge >= 0.3 is 0 Å². The minimum absolute atomic E-state index is 0.0288. The van der Waals surface area contributed by atoms with Crippen molar-refractivity contribution in [2.75, 3.05) is 0 Å². The van der Waals surface area contributed by atoms with Gasteiger partial charge in [0.05, 0.1) is 12.2 Å². The summed E-state index contributed by atoms with van der Waals surface area (Å²) in [7, 11) is 0. The van der Waals surface area contributed by atoms with Gasteiger partial charge in [0.25, 0.3) is 0 Å². The van der Waals surface area contributed by atoms with Crippen LogP contribution in [0.4, 0.5) is 0 Å². The van der Waals surface area contributed by atoms with E-state index in [-0.39, 0.29) is 11.7 Å². The molecule has 0 radical (unpaired) electrons. The molecule has 0 bridgehead atoms. The molecular weight excluding hydrogens is 234 g/mol. The Hall–Kier alpha value is -2.18. The van der Waals surface area contributed by atoms with Crippen molar-refractivity contribution < 1.29 is 10.0 Å². The van der Waals surface area contributed by atoms with Crippen molar-refractivity contribution >= 4 is 11.7 Å². The summed E-state index contributed by atoms with van der Waals surface area (Å²) in [5, 5.41) is 14.3. The van der Waals surface area contributed by atoms with Gasteiger partial charge in [0, 0.05) is 6.20 Å². The number of carbonyl (C=O) groups is 1. The summed E-state index contributed by atoms with van der Waals surface area (Å²) in [6.07, 6.45) is 2.86. The first-order valence-corrected chi connectivity index (χ1v) is 5.63. The minimum Gasteiger partial charge on any atom is -0.409 e. The van der Waals surface area contributed by atoms with Gasteiger partial charge in [0.1, 0.15) is 11.2 Å². The molecule has 1 heterocycles. The minimum atomic E-state index is -0.823. The van der Waals surface area contributed by atoms with Gasteiger partial charge in [0.15, 0.2) is 5.84 Å². The van der Waals surface area contributed by atoms with E-state index in [1.165, 1.54) is 0 Å². The van der Waals surface area contributed by atoms with E-state index < -0.39 is 5.41 Å². The summed E-state index contributed by atoms with van der Waals surface area (Å²) in [5.41, 5.74) is 5.43. The lowest BCUT2D eigenvalue weighted by Gasteiger charge is -2.13. The Labute approximate surface area is 104 Å². The van der Waals surface area contributed by atoms with E-state index in [9.17, 15) is 4.79 Å². The topological polar surface area (TPSA) is 113 Å². The Morgan fingerprint density at radius 3 is 2.94 bits per heavy atom. The molecule has 18 heavy (non-hydrogen) atoms. The smallest absolute Gasteiger partial charge is 0.234 e. The number of carbonyl (C=O) groups excluding carboxylic acids is 1. The van der Waals surface area contributed by atoms with Gasteiger partial charge < -0.3 is 16.3 Å². The molecule has 7 nitrogen and oxygen atoms in total. The number of rotatable bonds is 4. The number of aromatic nitrogens is 2. The van der Waals surface area contributed by atoms with Crippen LogP contribution in [-0.4, -0.2) is 26.9 Å². The SMILES string of the molecule is Cc1nccc(CNC(=O)C2(/C(N)=N/O)CC2)n1. The molecule has 1 aliphatic rings. The molecule has 1 aromatic heterocycles. The molecule has 2 rings (SSSR count). The van der Waals surface area contributed by atoms with Crippen LogP contribution in [0, 0.1) is 12.3 Å². The summed E-state index contributed by atoms with van der Waals surface area (Å²) in [5.74, 6) is 0.396. The Bertz CT molecular complexity index is 496. The van der Waals surface area contributed by atoms with Gasteiger partial charge in [-0.3, -0.25) is 4.79 Å². The van der Waals surface area contributed by atoms with Crippen LogP contribution >= 0.6 is 0 Å². The molecule has 1 amide bonds. The maximum absolute atomic E-state index is 12.0. The van der Waals surface area contributed by atoms with Crippen LogP contribution in [-0.2, 0) is 11.3 Å². The molecule has 0 spiro atoms. The summed E-state index contributed by atoms with van der Waals surface area (Å²) < 4.78 is 0. The van der Waals surface area contributed by atoms with Crippen LogP contribution in [0.15, 0.2) is 17.4 Å². The molecular formula is C11H15N5O2. The Morgan fingerprint density at radius 2 is 2.39 bits per heavy atom. The lowest BCUT2D eigenvalue weighted by molar-refractivity contribution is -0.124. The Morgan fingerprint density at radius 1 is 1.67 bits per heavy atom. The molecule has 0 aliphatic heterocycles. The molecule has 0 aromatic carbocycles. The maximum Gasteiger partial charge on any atom is 0.234 e. The predicted molar refractivity (Wildman–Crippen MR) is 63.7 cm³/mol. The highest BCUT2D eigenvalue weighted by Gasteiger charge is 2.54. The van der Waals surface area contributed by atoms with Crippen LogP contribution in [0.25, 0.3) is 0 Å². The van der Waals surface area contributed by atoms with E-state index >= 15 is 0 Å². The largest absolute Gasteiger partial charge is 0.409 e. The second-order valence-corrected chi connectivity index (χ2v) is 4.35. The number of nitrogens with one attached hydrogen (secondary N) is 1. The Balaban J connectivity index is 1.97. The van der Waals surface area contributed by atoms with Gasteiger partial charge in [-0.1, -0.05) is 5.16 Å². The molecule has 1 fully saturated rings. The molecule has 96 valence electrons. The van der Waals surface area contributed by atoms with Crippen LogP contribution in [0.3, 0.4) is 0 Å². The maximum atomic E-state index is 12.0. The number of hydrogen-bond donors (Lipinski definition) is 3. The van der Waals surface area contributed by atoms with Crippen LogP contribution in [0.1, 0.15) is 24.4 Å². The number of nitrogens with zero attached hydrogens (tertiary/aromatic N) is 3. The lowest BCUT2D eigenvalue weighted by Crippen LogP contribution is -2.40. The summed E-state index contributed by atoms with van der Waals surface area (Å²) in [6, 6.07) is 1.73. The van der Waals surface area contributed by atoms with Gasteiger partial charge in [-0.05, 0) is 25.8 Å². The zero-order chi connectivity index (χ0) is 13.2.